The van der Waals surface area contributed by atoms with Gasteiger partial charge in [0.15, 0.2) is 5.82 Å². The van der Waals surface area contributed by atoms with Crippen molar-refractivity contribution in [1.82, 2.24) is 30.2 Å². The van der Waals surface area contributed by atoms with Crippen molar-refractivity contribution < 1.29 is 9.90 Å². The van der Waals surface area contributed by atoms with Crippen LogP contribution in [-0.4, -0.2) is 41.3 Å². The predicted molar refractivity (Wildman–Crippen MR) is 139 cm³/mol. The molecule has 1 fully saturated rings. The van der Waals surface area contributed by atoms with E-state index in [4.69, 9.17) is 4.98 Å². The fourth-order valence-corrected chi connectivity index (χ4v) is 6.30. The number of benzene rings is 2. The summed E-state index contributed by atoms with van der Waals surface area (Å²) in [6, 6.07) is 16.4. The molecule has 5 aromatic rings. The monoisotopic (exact) mass is 498 g/mol. The molecule has 0 bridgehead atoms. The van der Waals surface area contributed by atoms with Gasteiger partial charge >= 0.3 is 5.97 Å². The van der Waals surface area contributed by atoms with Crippen LogP contribution in [0.1, 0.15) is 64.0 Å². The molecule has 0 atom stereocenters. The summed E-state index contributed by atoms with van der Waals surface area (Å²) in [5.74, 6) is 1.15. The zero-order valence-corrected chi connectivity index (χ0v) is 20.8. The molecular formula is C27H26N6O2S. The third-order valence-corrected chi connectivity index (χ3v) is 8.17. The maximum Gasteiger partial charge on any atom is 0.348 e. The van der Waals surface area contributed by atoms with Crippen molar-refractivity contribution in [1.29, 1.82) is 0 Å². The van der Waals surface area contributed by atoms with Gasteiger partial charge in [-0.3, -0.25) is 0 Å². The van der Waals surface area contributed by atoms with Crippen LogP contribution in [0.25, 0.3) is 33.5 Å². The number of carboxylic acids is 1. The Morgan fingerprint density at radius 1 is 1.08 bits per heavy atom. The van der Waals surface area contributed by atoms with E-state index in [9.17, 15) is 9.90 Å². The quantitative estimate of drug-likeness (QED) is 0.295. The highest BCUT2D eigenvalue weighted by atomic mass is 32.1. The largest absolute Gasteiger partial charge is 0.477 e. The Morgan fingerprint density at radius 3 is 2.53 bits per heavy atom. The average molecular weight is 499 g/mol. The number of fused-ring (bicyclic) bond motifs is 1. The molecule has 0 saturated heterocycles. The van der Waals surface area contributed by atoms with Crippen molar-refractivity contribution in [3.63, 3.8) is 0 Å². The van der Waals surface area contributed by atoms with Gasteiger partial charge in [-0.1, -0.05) is 67.8 Å². The number of thiophene rings is 1. The minimum atomic E-state index is -0.886. The van der Waals surface area contributed by atoms with Crippen molar-refractivity contribution in [2.24, 2.45) is 0 Å². The summed E-state index contributed by atoms with van der Waals surface area (Å²) in [6.45, 7) is 2.56. The van der Waals surface area contributed by atoms with Crippen LogP contribution in [-0.2, 0) is 6.54 Å². The normalized spacial score (nSPS) is 14.5. The van der Waals surface area contributed by atoms with E-state index < -0.39 is 5.97 Å². The van der Waals surface area contributed by atoms with Crippen molar-refractivity contribution in [3.05, 3.63) is 69.7 Å². The van der Waals surface area contributed by atoms with Crippen molar-refractivity contribution >= 4 is 28.3 Å². The Bertz CT molecular complexity index is 1530. The maximum atomic E-state index is 12.1. The number of imidazole rings is 1. The number of H-pyrrole nitrogens is 1. The zero-order valence-electron chi connectivity index (χ0n) is 19.9. The van der Waals surface area contributed by atoms with Crippen LogP contribution in [0.3, 0.4) is 0 Å². The Hall–Kier alpha value is -3.85. The Balaban J connectivity index is 1.39. The first-order valence-electron chi connectivity index (χ1n) is 12.3. The highest BCUT2D eigenvalue weighted by Crippen LogP contribution is 2.38. The molecule has 1 aliphatic rings. The number of aryl methyl sites for hydroxylation is 1. The lowest BCUT2D eigenvalue weighted by Crippen LogP contribution is -2.14. The van der Waals surface area contributed by atoms with Crippen LogP contribution in [0.2, 0.25) is 0 Å². The molecule has 0 spiro atoms. The molecule has 8 nitrogen and oxygen atoms in total. The number of nitrogens with one attached hydrogen (secondary N) is 1. The molecule has 6 rings (SSSR count). The standard InChI is InChI=1S/C27H26N6O2S/c1-16-22-23(24(36-16)27(34)35)33(26(28-22)19-7-3-2-4-8-19)15-17-11-13-18(14-12-17)20-9-5-6-10-21(20)25-29-31-32-30-25/h5-6,9-14,19H,2-4,7-8,15H2,1H3,(H,34,35)(H,29,30,31,32). The van der Waals surface area contributed by atoms with Gasteiger partial charge in [-0.05, 0) is 46.9 Å². The van der Waals surface area contributed by atoms with Crippen LogP contribution in [0.4, 0.5) is 0 Å². The second kappa shape index (κ2) is 9.31. The summed E-state index contributed by atoms with van der Waals surface area (Å²) in [7, 11) is 0. The van der Waals surface area contributed by atoms with Gasteiger partial charge in [0.1, 0.15) is 16.2 Å². The second-order valence-electron chi connectivity index (χ2n) is 9.37. The zero-order chi connectivity index (χ0) is 24.6. The molecule has 3 aromatic heterocycles. The lowest BCUT2D eigenvalue weighted by Gasteiger charge is -2.22. The van der Waals surface area contributed by atoms with Crippen molar-refractivity contribution in [2.45, 2.75) is 51.5 Å². The minimum absolute atomic E-state index is 0.374. The number of aromatic nitrogens is 6. The number of aromatic amines is 1. The minimum Gasteiger partial charge on any atom is -0.477 e. The molecule has 1 aliphatic carbocycles. The fourth-order valence-electron chi connectivity index (χ4n) is 5.36. The van der Waals surface area contributed by atoms with Crippen molar-refractivity contribution in [2.75, 3.05) is 0 Å². The number of hydrogen-bond acceptors (Lipinski definition) is 6. The van der Waals surface area contributed by atoms with Gasteiger partial charge in [0, 0.05) is 22.9 Å². The van der Waals surface area contributed by atoms with Gasteiger partial charge in [-0.2, -0.15) is 0 Å². The third kappa shape index (κ3) is 3.99. The number of carbonyl (C=O) groups is 1. The second-order valence-corrected chi connectivity index (χ2v) is 10.6. The van der Waals surface area contributed by atoms with E-state index in [0.717, 1.165) is 56.8 Å². The number of rotatable bonds is 6. The molecule has 36 heavy (non-hydrogen) atoms. The van der Waals surface area contributed by atoms with Gasteiger partial charge in [-0.15, -0.1) is 16.4 Å². The number of carboxylic acid groups (broad SMARTS) is 1. The number of nitrogens with zero attached hydrogens (tertiary/aromatic N) is 5. The average Bonchev–Trinajstić information content (AvgIpc) is 3.64. The van der Waals surface area contributed by atoms with Crippen LogP contribution in [0.5, 0.6) is 0 Å². The SMILES string of the molecule is Cc1sc(C(=O)O)c2c1nc(C1CCCCC1)n2Cc1ccc(-c2ccccc2-c2nnn[nH]2)cc1. The highest BCUT2D eigenvalue weighted by Gasteiger charge is 2.27. The maximum absolute atomic E-state index is 12.1. The molecule has 3 heterocycles. The molecule has 2 N–H and O–H groups in total. The molecule has 0 amide bonds. The predicted octanol–water partition coefficient (Wildman–Crippen LogP) is 6.05. The molecule has 182 valence electrons. The fraction of sp³-hybridized carbons (Fsp3) is 0.296. The van der Waals surface area contributed by atoms with E-state index in [1.807, 2.05) is 25.1 Å². The first-order chi connectivity index (χ1) is 17.6. The number of aromatic carboxylic acids is 1. The van der Waals surface area contributed by atoms with Gasteiger partial charge in [0.2, 0.25) is 0 Å². The molecule has 0 unspecified atom stereocenters. The molecule has 0 aliphatic heterocycles. The summed E-state index contributed by atoms with van der Waals surface area (Å²) >= 11 is 1.32. The lowest BCUT2D eigenvalue weighted by molar-refractivity contribution is 0.0703. The van der Waals surface area contributed by atoms with Gasteiger partial charge in [0.05, 0.1) is 5.52 Å². The van der Waals surface area contributed by atoms with E-state index in [2.05, 4.69) is 55.5 Å². The molecule has 1 saturated carbocycles. The summed E-state index contributed by atoms with van der Waals surface area (Å²) in [6.07, 6.45) is 5.87. The molecule has 0 radical (unpaired) electrons. The van der Waals surface area contributed by atoms with E-state index in [1.165, 1.54) is 30.6 Å². The Labute approximate surface area is 212 Å². The molecule has 9 heteroatoms. The third-order valence-electron chi connectivity index (χ3n) is 7.10. The van der Waals surface area contributed by atoms with Gasteiger partial charge < -0.3 is 9.67 Å². The summed E-state index contributed by atoms with van der Waals surface area (Å²) in [5.41, 5.74) is 5.74. The number of tetrazole rings is 1. The van der Waals surface area contributed by atoms with E-state index in [1.54, 1.807) is 0 Å². The van der Waals surface area contributed by atoms with Crippen molar-refractivity contribution in [3.8, 4) is 22.5 Å². The van der Waals surface area contributed by atoms with Crippen LogP contribution >= 0.6 is 11.3 Å². The molecule has 2 aromatic carbocycles. The first-order valence-corrected chi connectivity index (χ1v) is 13.1. The first kappa shape index (κ1) is 22.6. The van der Waals surface area contributed by atoms with Crippen LogP contribution < -0.4 is 0 Å². The lowest BCUT2D eigenvalue weighted by atomic mass is 9.88. The van der Waals surface area contributed by atoms with E-state index >= 15 is 0 Å². The number of hydrogen-bond donors (Lipinski definition) is 2. The van der Waals surface area contributed by atoms with E-state index in [-0.39, 0.29) is 0 Å². The summed E-state index contributed by atoms with van der Waals surface area (Å²) < 4.78 is 2.17. The smallest absolute Gasteiger partial charge is 0.348 e. The molecular weight excluding hydrogens is 472 g/mol. The summed E-state index contributed by atoms with van der Waals surface area (Å²) in [4.78, 5) is 18.5. The van der Waals surface area contributed by atoms with Crippen LogP contribution in [0, 0.1) is 6.92 Å². The summed E-state index contributed by atoms with van der Waals surface area (Å²) in [5, 5.41) is 24.3. The van der Waals surface area contributed by atoms with E-state index in [0.29, 0.717) is 23.2 Å². The van der Waals surface area contributed by atoms with Gasteiger partial charge in [-0.25, -0.2) is 14.9 Å². The topological polar surface area (TPSA) is 110 Å². The van der Waals surface area contributed by atoms with Gasteiger partial charge in [0.25, 0.3) is 0 Å². The highest BCUT2D eigenvalue weighted by molar-refractivity contribution is 7.15. The Kier molecular flexibility index (Phi) is 5.85. The van der Waals surface area contributed by atoms with Crippen LogP contribution in [0.15, 0.2) is 48.5 Å². The Morgan fingerprint density at radius 2 is 1.83 bits per heavy atom.